The molecular weight excluding hydrogens is 388 g/mol. The number of hydrogen-bond donors (Lipinski definition) is 2. The van der Waals surface area contributed by atoms with Crippen LogP contribution in [-0.2, 0) is 10.8 Å². The summed E-state index contributed by atoms with van der Waals surface area (Å²) in [5.74, 6) is 1.48. The Bertz CT molecular complexity index is 947. The predicted molar refractivity (Wildman–Crippen MR) is 124 cm³/mol. The molecular formula is C27H36O4. The van der Waals surface area contributed by atoms with Crippen LogP contribution in [0.3, 0.4) is 0 Å². The van der Waals surface area contributed by atoms with E-state index in [2.05, 4.69) is 67.5 Å². The molecule has 2 aliphatic heterocycles. The first-order chi connectivity index (χ1) is 14.2. The van der Waals surface area contributed by atoms with E-state index in [0.717, 1.165) is 22.3 Å². The third-order valence-electron chi connectivity index (χ3n) is 6.97. The lowest BCUT2D eigenvalue weighted by Gasteiger charge is -2.51. The van der Waals surface area contributed by atoms with Gasteiger partial charge in [0.05, 0.1) is 0 Å². The van der Waals surface area contributed by atoms with E-state index in [-0.39, 0.29) is 34.2 Å². The first-order valence-electron chi connectivity index (χ1n) is 11.4. The van der Waals surface area contributed by atoms with Crippen LogP contribution in [0.15, 0.2) is 24.3 Å². The van der Waals surface area contributed by atoms with Crippen molar-refractivity contribution in [3.8, 4) is 23.0 Å². The summed E-state index contributed by atoms with van der Waals surface area (Å²) in [5, 5.41) is 21.2. The minimum atomic E-state index is -0.857. The number of rotatable bonds is 2. The molecule has 2 N–H and O–H groups in total. The second-order valence-electron chi connectivity index (χ2n) is 11.4. The maximum absolute atomic E-state index is 10.6. The van der Waals surface area contributed by atoms with Gasteiger partial charge in [-0.1, -0.05) is 55.4 Å². The Morgan fingerprint density at radius 3 is 1.35 bits per heavy atom. The van der Waals surface area contributed by atoms with Crippen LogP contribution in [0.4, 0.5) is 0 Å². The van der Waals surface area contributed by atoms with Gasteiger partial charge >= 0.3 is 0 Å². The maximum atomic E-state index is 10.6. The van der Waals surface area contributed by atoms with Crippen molar-refractivity contribution in [1.82, 2.24) is 0 Å². The number of benzene rings is 2. The fourth-order valence-corrected chi connectivity index (χ4v) is 5.49. The smallest absolute Gasteiger partial charge is 0.252 e. The molecule has 0 amide bonds. The normalized spacial score (nSPS) is 20.2. The van der Waals surface area contributed by atoms with E-state index >= 15 is 0 Å². The number of ether oxygens (including phenoxy) is 2. The van der Waals surface area contributed by atoms with Gasteiger partial charge < -0.3 is 19.7 Å². The van der Waals surface area contributed by atoms with Crippen LogP contribution in [0, 0.1) is 0 Å². The molecule has 0 aliphatic carbocycles. The SMILES string of the molecule is CC(C)c1cc2c(cc1O)OC1(CC2(C)C)CC(C)(C)c2cc(C(C)C)c(O)cc2O1. The van der Waals surface area contributed by atoms with Crippen LogP contribution in [-0.4, -0.2) is 16.0 Å². The maximum Gasteiger partial charge on any atom is 0.252 e. The Labute approximate surface area is 186 Å². The minimum absolute atomic E-state index is 0.196. The molecule has 0 unspecified atom stereocenters. The molecule has 4 nitrogen and oxygen atoms in total. The van der Waals surface area contributed by atoms with Crippen LogP contribution < -0.4 is 9.47 Å². The van der Waals surface area contributed by atoms with Crippen molar-refractivity contribution >= 4 is 0 Å². The average molecular weight is 425 g/mol. The molecule has 2 aromatic carbocycles. The zero-order valence-corrected chi connectivity index (χ0v) is 20.1. The summed E-state index contributed by atoms with van der Waals surface area (Å²) < 4.78 is 13.1. The van der Waals surface area contributed by atoms with Crippen LogP contribution in [0.1, 0.15) is 102 Å². The largest absolute Gasteiger partial charge is 0.508 e. The second-order valence-corrected chi connectivity index (χ2v) is 11.4. The van der Waals surface area contributed by atoms with E-state index in [1.807, 2.05) is 0 Å². The first kappa shape index (κ1) is 21.9. The highest BCUT2D eigenvalue weighted by Crippen LogP contribution is 2.55. The van der Waals surface area contributed by atoms with E-state index in [9.17, 15) is 10.2 Å². The molecule has 0 radical (unpaired) electrons. The third-order valence-corrected chi connectivity index (χ3v) is 6.97. The van der Waals surface area contributed by atoms with E-state index in [1.54, 1.807) is 12.1 Å². The molecule has 4 rings (SSSR count). The molecule has 0 fully saturated rings. The fraction of sp³-hybridized carbons (Fsp3) is 0.556. The summed E-state index contributed by atoms with van der Waals surface area (Å²) in [6.45, 7) is 17.2. The summed E-state index contributed by atoms with van der Waals surface area (Å²) in [6.07, 6.45) is 1.37. The number of hydrogen-bond acceptors (Lipinski definition) is 4. The summed E-state index contributed by atoms with van der Waals surface area (Å²) in [7, 11) is 0. The monoisotopic (exact) mass is 424 g/mol. The van der Waals surface area contributed by atoms with Gasteiger partial charge in [-0.2, -0.15) is 0 Å². The molecule has 4 heteroatoms. The van der Waals surface area contributed by atoms with Gasteiger partial charge in [0.1, 0.15) is 23.0 Å². The number of fused-ring (bicyclic) bond motifs is 2. The van der Waals surface area contributed by atoms with E-state index in [4.69, 9.17) is 9.47 Å². The molecule has 0 aromatic heterocycles. The molecule has 2 heterocycles. The third kappa shape index (κ3) is 3.54. The molecule has 1 spiro atoms. The molecule has 31 heavy (non-hydrogen) atoms. The fourth-order valence-electron chi connectivity index (χ4n) is 5.49. The molecule has 2 aromatic rings. The van der Waals surface area contributed by atoms with Crippen molar-refractivity contribution in [2.45, 2.75) is 96.7 Å². The Morgan fingerprint density at radius 2 is 1.03 bits per heavy atom. The van der Waals surface area contributed by atoms with Crippen molar-refractivity contribution in [2.75, 3.05) is 0 Å². The summed E-state index contributed by atoms with van der Waals surface area (Å²) in [4.78, 5) is 0. The lowest BCUT2D eigenvalue weighted by molar-refractivity contribution is -0.166. The minimum Gasteiger partial charge on any atom is -0.508 e. The first-order valence-corrected chi connectivity index (χ1v) is 11.4. The summed E-state index contributed by atoms with van der Waals surface area (Å²) >= 11 is 0. The van der Waals surface area contributed by atoms with Gasteiger partial charge in [0.15, 0.2) is 0 Å². The number of phenolic OH excluding ortho intramolecular Hbond substituents is 2. The second kappa shape index (κ2) is 6.82. The van der Waals surface area contributed by atoms with Crippen molar-refractivity contribution in [3.05, 3.63) is 46.5 Å². The van der Waals surface area contributed by atoms with E-state index in [1.165, 1.54) is 0 Å². The number of aromatic hydroxyl groups is 2. The number of phenols is 2. The average Bonchev–Trinajstić information content (AvgIpc) is 2.58. The zero-order chi connectivity index (χ0) is 22.9. The van der Waals surface area contributed by atoms with E-state index < -0.39 is 5.79 Å². The predicted octanol–water partition coefficient (Wildman–Crippen LogP) is 6.86. The van der Waals surface area contributed by atoms with Crippen LogP contribution in [0.5, 0.6) is 23.0 Å². The lowest BCUT2D eigenvalue weighted by Crippen LogP contribution is -2.55. The quantitative estimate of drug-likeness (QED) is 0.553. The molecule has 0 bridgehead atoms. The van der Waals surface area contributed by atoms with Gasteiger partial charge in [-0.05, 0) is 35.1 Å². The summed E-state index contributed by atoms with van der Waals surface area (Å²) in [6, 6.07) is 7.67. The van der Waals surface area contributed by atoms with Crippen molar-refractivity contribution in [1.29, 1.82) is 0 Å². The molecule has 168 valence electrons. The molecule has 0 atom stereocenters. The van der Waals surface area contributed by atoms with Crippen LogP contribution in [0.2, 0.25) is 0 Å². The van der Waals surface area contributed by atoms with Crippen molar-refractivity contribution in [2.24, 2.45) is 0 Å². The van der Waals surface area contributed by atoms with Crippen LogP contribution >= 0.6 is 0 Å². The van der Waals surface area contributed by atoms with Gasteiger partial charge in [-0.25, -0.2) is 0 Å². The zero-order valence-electron chi connectivity index (χ0n) is 20.1. The van der Waals surface area contributed by atoms with Gasteiger partial charge in [0, 0.05) is 46.9 Å². The van der Waals surface area contributed by atoms with Gasteiger partial charge in [-0.15, -0.1) is 0 Å². The standard InChI is InChI=1S/C27H36O4/c1-15(2)17-9-19-23(11-21(17)28)30-27(13-25(19,5)6)14-26(7,8)20-10-18(16(3)4)22(29)12-24(20)31-27/h9-12,15-16,28-29H,13-14H2,1-8H3. The van der Waals surface area contributed by atoms with E-state index in [0.29, 0.717) is 24.3 Å². The van der Waals surface area contributed by atoms with Gasteiger partial charge in [-0.3, -0.25) is 0 Å². The Kier molecular flexibility index (Phi) is 4.81. The molecule has 2 aliphatic rings. The van der Waals surface area contributed by atoms with Gasteiger partial charge in [0.2, 0.25) is 0 Å². The van der Waals surface area contributed by atoms with Gasteiger partial charge in [0.25, 0.3) is 5.79 Å². The highest BCUT2D eigenvalue weighted by atomic mass is 16.7. The lowest BCUT2D eigenvalue weighted by atomic mass is 9.68. The molecule has 0 saturated heterocycles. The van der Waals surface area contributed by atoms with Crippen molar-refractivity contribution in [3.63, 3.8) is 0 Å². The van der Waals surface area contributed by atoms with Crippen LogP contribution in [0.25, 0.3) is 0 Å². The summed E-state index contributed by atoms with van der Waals surface area (Å²) in [5.41, 5.74) is 3.69. The Hall–Kier alpha value is -2.36. The highest BCUT2D eigenvalue weighted by Gasteiger charge is 2.53. The van der Waals surface area contributed by atoms with Crippen molar-refractivity contribution < 1.29 is 19.7 Å². The molecule has 0 saturated carbocycles. The Balaban J connectivity index is 1.82. The topological polar surface area (TPSA) is 58.9 Å². The highest BCUT2D eigenvalue weighted by molar-refractivity contribution is 5.54. The Morgan fingerprint density at radius 1 is 0.677 bits per heavy atom.